The van der Waals surface area contributed by atoms with Crippen LogP contribution in [0.4, 0.5) is 5.69 Å². The molecule has 0 N–H and O–H groups in total. The number of hydrogen-bond donors (Lipinski definition) is 0. The number of ketones is 1. The highest BCUT2D eigenvalue weighted by molar-refractivity contribution is 8.00. The first-order valence-electron chi connectivity index (χ1n) is 10.6. The molecule has 4 rings (SSSR count). The lowest BCUT2D eigenvalue weighted by Gasteiger charge is -2.13. The van der Waals surface area contributed by atoms with Crippen LogP contribution in [0, 0.1) is 21.4 Å². The highest BCUT2D eigenvalue weighted by Gasteiger charge is 2.18. The summed E-state index contributed by atoms with van der Waals surface area (Å²) in [6.07, 6.45) is 0. The first kappa shape index (κ1) is 23.7. The molecule has 0 saturated carbocycles. The van der Waals surface area contributed by atoms with Crippen LogP contribution in [0.2, 0.25) is 0 Å². The number of nitrogens with zero attached hydrogens (tertiary/aromatic N) is 3. The molecule has 1 heterocycles. The summed E-state index contributed by atoms with van der Waals surface area (Å²) < 4.78 is 5.25. The molecule has 4 aromatic rings. The zero-order valence-corrected chi connectivity index (χ0v) is 19.5. The predicted octanol–water partition coefficient (Wildman–Crippen LogP) is 6.18. The van der Waals surface area contributed by atoms with Crippen LogP contribution in [0.5, 0.6) is 5.75 Å². The number of rotatable bonds is 8. The monoisotopic (exact) mass is 481 g/mol. The van der Waals surface area contributed by atoms with Crippen molar-refractivity contribution in [2.45, 2.75) is 5.03 Å². The lowest BCUT2D eigenvalue weighted by Crippen LogP contribution is -2.04. The van der Waals surface area contributed by atoms with Gasteiger partial charge in [-0.3, -0.25) is 14.9 Å². The minimum atomic E-state index is -0.512. The molecule has 8 heteroatoms. The summed E-state index contributed by atoms with van der Waals surface area (Å²) in [6, 6.07) is 26.6. The van der Waals surface area contributed by atoms with Crippen LogP contribution >= 0.6 is 11.8 Å². The number of hydrogen-bond acceptors (Lipinski definition) is 7. The number of methoxy groups -OCH3 is 1. The van der Waals surface area contributed by atoms with E-state index < -0.39 is 4.92 Å². The van der Waals surface area contributed by atoms with E-state index in [1.807, 2.05) is 60.7 Å². The van der Waals surface area contributed by atoms with Gasteiger partial charge in [-0.25, -0.2) is 4.98 Å². The van der Waals surface area contributed by atoms with Crippen molar-refractivity contribution in [2.75, 3.05) is 12.9 Å². The molecule has 0 bridgehead atoms. The Kier molecular flexibility index (Phi) is 7.19. The fraction of sp³-hybridized carbons (Fsp3) is 0.0741. The predicted molar refractivity (Wildman–Crippen MR) is 135 cm³/mol. The number of nitro benzene ring substituents is 1. The third-order valence-electron chi connectivity index (χ3n) is 5.31. The van der Waals surface area contributed by atoms with Crippen LogP contribution in [0.15, 0.2) is 90.0 Å². The van der Waals surface area contributed by atoms with E-state index in [2.05, 4.69) is 6.07 Å². The fourth-order valence-electron chi connectivity index (χ4n) is 3.48. The maximum absolute atomic E-state index is 12.8. The van der Waals surface area contributed by atoms with E-state index >= 15 is 0 Å². The molecular weight excluding hydrogens is 462 g/mol. The zero-order chi connectivity index (χ0) is 24.8. The Morgan fingerprint density at radius 2 is 1.71 bits per heavy atom. The Labute approximate surface area is 206 Å². The smallest absolute Gasteiger partial charge is 0.269 e. The van der Waals surface area contributed by atoms with Gasteiger partial charge in [0.2, 0.25) is 0 Å². The molecule has 0 aliphatic heterocycles. The quantitative estimate of drug-likeness (QED) is 0.128. The van der Waals surface area contributed by atoms with E-state index in [-0.39, 0.29) is 17.2 Å². The summed E-state index contributed by atoms with van der Waals surface area (Å²) in [5.74, 6) is 0.513. The summed E-state index contributed by atoms with van der Waals surface area (Å²) in [7, 11) is 1.59. The number of nitro groups is 1. The van der Waals surface area contributed by atoms with Crippen LogP contribution in [0.3, 0.4) is 0 Å². The zero-order valence-electron chi connectivity index (χ0n) is 18.7. The normalized spacial score (nSPS) is 10.4. The molecule has 35 heavy (non-hydrogen) atoms. The van der Waals surface area contributed by atoms with Crippen molar-refractivity contribution in [3.05, 3.63) is 106 Å². The van der Waals surface area contributed by atoms with Crippen molar-refractivity contribution in [3.8, 4) is 34.2 Å². The molecule has 172 valence electrons. The van der Waals surface area contributed by atoms with Gasteiger partial charge in [-0.2, -0.15) is 5.26 Å². The first-order chi connectivity index (χ1) is 17.0. The Morgan fingerprint density at radius 1 is 1.03 bits per heavy atom. The summed E-state index contributed by atoms with van der Waals surface area (Å²) in [5.41, 5.74) is 3.74. The second-order valence-electron chi connectivity index (χ2n) is 7.46. The molecule has 0 amide bonds. The summed E-state index contributed by atoms with van der Waals surface area (Å²) >= 11 is 1.17. The molecule has 1 aromatic heterocycles. The van der Waals surface area contributed by atoms with Gasteiger partial charge in [0.05, 0.1) is 29.0 Å². The van der Waals surface area contributed by atoms with Gasteiger partial charge in [0, 0.05) is 28.8 Å². The Balaban J connectivity index is 1.71. The number of ether oxygens (including phenoxy) is 1. The van der Waals surface area contributed by atoms with Crippen molar-refractivity contribution in [2.24, 2.45) is 0 Å². The topological polar surface area (TPSA) is 106 Å². The van der Waals surface area contributed by atoms with E-state index in [0.29, 0.717) is 33.2 Å². The second kappa shape index (κ2) is 10.6. The number of Topliss-reactive ketones (excluding diaryl/α,β-unsaturated/α-hetero) is 1. The number of aromatic nitrogens is 1. The van der Waals surface area contributed by atoms with Gasteiger partial charge in [0.25, 0.3) is 5.69 Å². The van der Waals surface area contributed by atoms with Crippen molar-refractivity contribution >= 4 is 23.2 Å². The third-order valence-corrected chi connectivity index (χ3v) is 6.28. The van der Waals surface area contributed by atoms with Gasteiger partial charge >= 0.3 is 0 Å². The molecule has 0 aliphatic rings. The highest BCUT2D eigenvalue weighted by Crippen LogP contribution is 2.35. The SMILES string of the molecule is COc1ccc(-c2cc(-c3ccccc3)nc(SCC(=O)c3ccc([N+](=O)[O-])cc3)c2C#N)cc1. The molecular formula is C27H19N3O4S. The maximum atomic E-state index is 12.8. The summed E-state index contributed by atoms with van der Waals surface area (Å²) in [4.78, 5) is 27.8. The van der Waals surface area contributed by atoms with Crippen LogP contribution < -0.4 is 4.74 Å². The molecule has 0 atom stereocenters. The standard InChI is InChI=1S/C27H19N3O4S/c1-34-22-13-9-18(10-14-22)23-15-25(19-5-3-2-4-6-19)29-27(24(23)16-28)35-17-26(31)20-7-11-21(12-8-20)30(32)33/h2-15H,17H2,1H3. The van der Waals surface area contributed by atoms with E-state index in [4.69, 9.17) is 9.72 Å². The number of benzene rings is 3. The van der Waals surface area contributed by atoms with Crippen molar-refractivity contribution < 1.29 is 14.5 Å². The van der Waals surface area contributed by atoms with Crippen molar-refractivity contribution in [1.82, 2.24) is 4.98 Å². The van der Waals surface area contributed by atoms with Gasteiger partial charge in [-0.05, 0) is 35.9 Å². The lowest BCUT2D eigenvalue weighted by atomic mass is 9.99. The van der Waals surface area contributed by atoms with Crippen LogP contribution in [-0.4, -0.2) is 28.6 Å². The summed E-state index contributed by atoms with van der Waals surface area (Å²) in [6.45, 7) is 0. The molecule has 7 nitrogen and oxygen atoms in total. The van der Waals surface area contributed by atoms with Crippen LogP contribution in [0.1, 0.15) is 15.9 Å². The number of thioether (sulfide) groups is 1. The number of pyridine rings is 1. The maximum Gasteiger partial charge on any atom is 0.269 e. The van der Waals surface area contributed by atoms with Gasteiger partial charge < -0.3 is 4.74 Å². The first-order valence-corrected chi connectivity index (χ1v) is 11.5. The molecule has 0 saturated heterocycles. The van der Waals surface area contributed by atoms with E-state index in [9.17, 15) is 20.2 Å². The van der Waals surface area contributed by atoms with E-state index in [0.717, 1.165) is 11.1 Å². The van der Waals surface area contributed by atoms with Gasteiger partial charge in [0.1, 0.15) is 16.8 Å². The fourth-order valence-corrected chi connectivity index (χ4v) is 4.37. The lowest BCUT2D eigenvalue weighted by molar-refractivity contribution is -0.384. The molecule has 0 aliphatic carbocycles. The van der Waals surface area contributed by atoms with Crippen molar-refractivity contribution in [3.63, 3.8) is 0 Å². The van der Waals surface area contributed by atoms with Crippen LogP contribution in [-0.2, 0) is 0 Å². The number of non-ortho nitro benzene ring substituents is 1. The van der Waals surface area contributed by atoms with E-state index in [1.54, 1.807) is 7.11 Å². The van der Waals surface area contributed by atoms with Crippen molar-refractivity contribution in [1.29, 1.82) is 5.26 Å². The average molecular weight is 482 g/mol. The van der Waals surface area contributed by atoms with Gasteiger partial charge in [0.15, 0.2) is 5.78 Å². The van der Waals surface area contributed by atoms with Gasteiger partial charge in [-0.1, -0.05) is 54.2 Å². The molecule has 0 fully saturated rings. The molecule has 0 radical (unpaired) electrons. The molecule has 3 aromatic carbocycles. The third kappa shape index (κ3) is 5.37. The minimum absolute atomic E-state index is 0.0276. The Morgan fingerprint density at radius 3 is 2.31 bits per heavy atom. The average Bonchev–Trinajstić information content (AvgIpc) is 2.91. The highest BCUT2D eigenvalue weighted by atomic mass is 32.2. The number of carbonyl (C=O) groups is 1. The second-order valence-corrected chi connectivity index (χ2v) is 8.42. The van der Waals surface area contributed by atoms with Crippen LogP contribution in [0.25, 0.3) is 22.4 Å². The summed E-state index contributed by atoms with van der Waals surface area (Å²) in [5, 5.41) is 21.3. The largest absolute Gasteiger partial charge is 0.497 e. The minimum Gasteiger partial charge on any atom is -0.497 e. The van der Waals surface area contributed by atoms with E-state index in [1.165, 1.54) is 36.0 Å². The Bertz CT molecular complexity index is 1410. The Hall–Kier alpha value is -4.48. The molecule has 0 unspecified atom stereocenters. The van der Waals surface area contributed by atoms with Gasteiger partial charge in [-0.15, -0.1) is 0 Å². The number of carbonyl (C=O) groups excluding carboxylic acids is 1. The number of nitriles is 1. The molecule has 0 spiro atoms.